The lowest BCUT2D eigenvalue weighted by Gasteiger charge is -2.38. The van der Waals surface area contributed by atoms with E-state index in [0.29, 0.717) is 26.0 Å². The molecule has 2 amide bonds. The molecule has 0 radical (unpaired) electrons. The summed E-state index contributed by atoms with van der Waals surface area (Å²) in [5, 5.41) is 2.90. The van der Waals surface area contributed by atoms with E-state index in [-0.39, 0.29) is 29.6 Å². The highest BCUT2D eigenvalue weighted by Crippen LogP contribution is 2.35. The Morgan fingerprint density at radius 2 is 2.09 bits per heavy atom. The number of carbonyl (C=O) groups excluding carboxylic acids is 2. The summed E-state index contributed by atoms with van der Waals surface area (Å²) in [5.41, 5.74) is 0.777. The molecule has 1 aromatic rings. The van der Waals surface area contributed by atoms with Crippen LogP contribution in [0.5, 0.6) is 0 Å². The van der Waals surface area contributed by atoms with Crippen LogP contribution in [0.3, 0.4) is 0 Å². The highest BCUT2D eigenvalue weighted by Gasteiger charge is 2.38. The molecular weight excluding hydrogens is 299 g/mol. The SMILES string of the molecule is COCCCNC(=O)[C@H]1CCC(=O)N(C)[C@@H]1c1ccc(F)cc1. The third-order valence-corrected chi connectivity index (χ3v) is 4.23. The second kappa shape index (κ2) is 8.06. The van der Waals surface area contributed by atoms with Crippen LogP contribution in [0.2, 0.25) is 0 Å². The summed E-state index contributed by atoms with van der Waals surface area (Å²) in [7, 11) is 3.31. The molecule has 1 heterocycles. The van der Waals surface area contributed by atoms with Crippen molar-refractivity contribution >= 4 is 11.8 Å². The number of piperidine rings is 1. The van der Waals surface area contributed by atoms with Crippen LogP contribution < -0.4 is 5.32 Å². The van der Waals surface area contributed by atoms with Crippen molar-refractivity contribution in [2.45, 2.75) is 25.3 Å². The second-order valence-electron chi connectivity index (χ2n) is 5.78. The van der Waals surface area contributed by atoms with Gasteiger partial charge in [0.15, 0.2) is 0 Å². The summed E-state index contributed by atoms with van der Waals surface area (Å²) in [4.78, 5) is 26.1. The fourth-order valence-electron chi connectivity index (χ4n) is 2.99. The maximum atomic E-state index is 13.2. The number of amides is 2. The molecule has 0 saturated carbocycles. The lowest BCUT2D eigenvalue weighted by molar-refractivity contribution is -0.141. The number of nitrogens with one attached hydrogen (secondary N) is 1. The van der Waals surface area contributed by atoms with Crippen molar-refractivity contribution < 1.29 is 18.7 Å². The minimum Gasteiger partial charge on any atom is -0.385 e. The molecule has 1 N–H and O–H groups in total. The Labute approximate surface area is 135 Å². The Hall–Kier alpha value is -1.95. The van der Waals surface area contributed by atoms with E-state index in [2.05, 4.69) is 5.32 Å². The molecule has 126 valence electrons. The summed E-state index contributed by atoms with van der Waals surface area (Å²) in [5.74, 6) is -0.734. The fourth-order valence-corrected chi connectivity index (χ4v) is 2.99. The highest BCUT2D eigenvalue weighted by atomic mass is 19.1. The maximum absolute atomic E-state index is 13.2. The molecule has 0 spiro atoms. The van der Waals surface area contributed by atoms with Crippen molar-refractivity contribution in [2.24, 2.45) is 5.92 Å². The lowest BCUT2D eigenvalue weighted by atomic mass is 9.84. The topological polar surface area (TPSA) is 58.6 Å². The van der Waals surface area contributed by atoms with Gasteiger partial charge in [-0.1, -0.05) is 12.1 Å². The Bertz CT molecular complexity index is 547. The lowest BCUT2D eigenvalue weighted by Crippen LogP contribution is -2.46. The number of halogens is 1. The van der Waals surface area contributed by atoms with Gasteiger partial charge in [-0.3, -0.25) is 9.59 Å². The zero-order valence-electron chi connectivity index (χ0n) is 13.5. The number of rotatable bonds is 6. The van der Waals surface area contributed by atoms with Crippen LogP contribution in [0, 0.1) is 11.7 Å². The largest absolute Gasteiger partial charge is 0.385 e. The predicted octanol–water partition coefficient (Wildman–Crippen LogP) is 1.89. The Balaban J connectivity index is 2.13. The van der Waals surface area contributed by atoms with Gasteiger partial charge in [-0.2, -0.15) is 0 Å². The monoisotopic (exact) mass is 322 g/mol. The number of benzene rings is 1. The van der Waals surface area contributed by atoms with Gasteiger partial charge in [0.2, 0.25) is 11.8 Å². The van der Waals surface area contributed by atoms with Crippen LogP contribution in [0.1, 0.15) is 30.9 Å². The smallest absolute Gasteiger partial charge is 0.225 e. The molecular formula is C17H23FN2O3. The van der Waals surface area contributed by atoms with Crippen molar-refractivity contribution in [3.05, 3.63) is 35.6 Å². The first-order chi connectivity index (χ1) is 11.0. The quantitative estimate of drug-likeness (QED) is 0.814. The summed E-state index contributed by atoms with van der Waals surface area (Å²) >= 11 is 0. The normalized spacial score (nSPS) is 21.3. The average Bonchev–Trinajstić information content (AvgIpc) is 2.55. The highest BCUT2D eigenvalue weighted by molar-refractivity contribution is 5.84. The molecule has 5 nitrogen and oxygen atoms in total. The van der Waals surface area contributed by atoms with Crippen molar-refractivity contribution in [3.8, 4) is 0 Å². The van der Waals surface area contributed by atoms with Crippen LogP contribution in [-0.2, 0) is 14.3 Å². The first-order valence-corrected chi connectivity index (χ1v) is 7.82. The number of likely N-dealkylation sites (tertiary alicyclic amines) is 1. The van der Waals surface area contributed by atoms with Crippen molar-refractivity contribution in [1.29, 1.82) is 0 Å². The molecule has 1 aliphatic heterocycles. The molecule has 0 aliphatic carbocycles. The number of ether oxygens (including phenoxy) is 1. The first-order valence-electron chi connectivity index (χ1n) is 7.82. The third kappa shape index (κ3) is 4.28. The molecule has 0 bridgehead atoms. The molecule has 1 aliphatic rings. The first kappa shape index (κ1) is 17.4. The molecule has 1 fully saturated rings. The van der Waals surface area contributed by atoms with Gasteiger partial charge in [0, 0.05) is 33.7 Å². The van der Waals surface area contributed by atoms with E-state index >= 15 is 0 Å². The van der Waals surface area contributed by atoms with Crippen molar-refractivity contribution in [3.63, 3.8) is 0 Å². The molecule has 23 heavy (non-hydrogen) atoms. The fraction of sp³-hybridized carbons (Fsp3) is 0.529. The van der Waals surface area contributed by atoms with E-state index in [1.807, 2.05) is 0 Å². The van der Waals surface area contributed by atoms with Crippen molar-refractivity contribution in [2.75, 3.05) is 27.3 Å². The standard InChI is InChI=1S/C17H23FN2O3/c1-20-15(21)9-8-14(17(22)19-10-3-11-23-2)16(20)12-4-6-13(18)7-5-12/h4-7,14,16H,3,8-11H2,1-2H3,(H,19,22)/t14-,16+/m0/s1. The molecule has 0 aromatic heterocycles. The number of hydrogen-bond acceptors (Lipinski definition) is 3. The van der Waals surface area contributed by atoms with Gasteiger partial charge in [-0.05, 0) is 30.5 Å². The van der Waals surface area contributed by atoms with Crippen LogP contribution in [0.15, 0.2) is 24.3 Å². The van der Waals surface area contributed by atoms with E-state index in [9.17, 15) is 14.0 Å². The third-order valence-electron chi connectivity index (χ3n) is 4.23. The Morgan fingerprint density at radius 1 is 1.39 bits per heavy atom. The predicted molar refractivity (Wildman–Crippen MR) is 84.1 cm³/mol. The molecule has 1 saturated heterocycles. The number of methoxy groups -OCH3 is 1. The Morgan fingerprint density at radius 3 is 2.74 bits per heavy atom. The van der Waals surface area contributed by atoms with E-state index in [0.717, 1.165) is 12.0 Å². The molecule has 1 aromatic carbocycles. The summed E-state index contributed by atoms with van der Waals surface area (Å²) in [6.45, 7) is 1.13. The van der Waals surface area contributed by atoms with Gasteiger partial charge in [-0.25, -0.2) is 4.39 Å². The van der Waals surface area contributed by atoms with Crippen molar-refractivity contribution in [1.82, 2.24) is 10.2 Å². The molecule has 0 unspecified atom stereocenters. The van der Waals surface area contributed by atoms with E-state index in [1.54, 1.807) is 31.2 Å². The zero-order valence-corrected chi connectivity index (χ0v) is 13.5. The number of nitrogens with zero attached hydrogens (tertiary/aromatic N) is 1. The Kier molecular flexibility index (Phi) is 6.10. The van der Waals surface area contributed by atoms with Crippen LogP contribution in [-0.4, -0.2) is 44.0 Å². The summed E-state index contributed by atoms with van der Waals surface area (Å²) < 4.78 is 18.1. The van der Waals surface area contributed by atoms with Gasteiger partial charge < -0.3 is 15.0 Å². The summed E-state index contributed by atoms with van der Waals surface area (Å²) in [6.07, 6.45) is 1.59. The molecule has 2 rings (SSSR count). The average molecular weight is 322 g/mol. The number of hydrogen-bond donors (Lipinski definition) is 1. The second-order valence-corrected chi connectivity index (χ2v) is 5.78. The maximum Gasteiger partial charge on any atom is 0.225 e. The van der Waals surface area contributed by atoms with Gasteiger partial charge >= 0.3 is 0 Å². The van der Waals surface area contributed by atoms with Crippen LogP contribution in [0.25, 0.3) is 0 Å². The molecule has 2 atom stereocenters. The van der Waals surface area contributed by atoms with Gasteiger partial charge in [-0.15, -0.1) is 0 Å². The van der Waals surface area contributed by atoms with Crippen LogP contribution >= 0.6 is 0 Å². The molecule has 6 heteroatoms. The minimum atomic E-state index is -0.362. The zero-order chi connectivity index (χ0) is 16.8. The van der Waals surface area contributed by atoms with E-state index in [4.69, 9.17) is 4.74 Å². The van der Waals surface area contributed by atoms with E-state index in [1.165, 1.54) is 12.1 Å². The number of carbonyl (C=O) groups is 2. The van der Waals surface area contributed by atoms with Gasteiger partial charge in [0.25, 0.3) is 0 Å². The van der Waals surface area contributed by atoms with Gasteiger partial charge in [0.05, 0.1) is 12.0 Å². The van der Waals surface area contributed by atoms with Crippen LogP contribution in [0.4, 0.5) is 4.39 Å². The minimum absolute atomic E-state index is 0.00255. The van der Waals surface area contributed by atoms with Gasteiger partial charge in [0.1, 0.15) is 5.82 Å². The summed E-state index contributed by atoms with van der Waals surface area (Å²) in [6, 6.07) is 5.63. The van der Waals surface area contributed by atoms with E-state index < -0.39 is 0 Å².